The Balaban J connectivity index is 0. The molecule has 0 aliphatic carbocycles. The number of hydrogen-bond donors (Lipinski definition) is 5. The molecule has 0 unspecified atom stereocenters. The molecule has 1 aliphatic heterocycles. The Morgan fingerprint density at radius 3 is 1.45 bits per heavy atom. The van der Waals surface area contributed by atoms with E-state index in [1.165, 1.54) is 12.1 Å². The van der Waals surface area contributed by atoms with E-state index < -0.39 is 23.4 Å². The Bertz CT molecular complexity index is 1560. The van der Waals surface area contributed by atoms with Gasteiger partial charge in [0, 0.05) is 50.5 Å². The van der Waals surface area contributed by atoms with Crippen LogP contribution in [0.5, 0.6) is 11.5 Å². The Kier molecular flexibility index (Phi) is 40.0. The van der Waals surface area contributed by atoms with Crippen molar-refractivity contribution in [3.8, 4) is 48.0 Å². The second kappa shape index (κ2) is 42.0. The molecule has 0 aromatic heterocycles. The van der Waals surface area contributed by atoms with Crippen LogP contribution in [0.25, 0.3) is 0 Å². The lowest BCUT2D eigenvalue weighted by Gasteiger charge is -2.19. The molecule has 1 heterocycles. The fourth-order valence-electron chi connectivity index (χ4n) is 3.95. The predicted octanol–water partition coefficient (Wildman–Crippen LogP) is 8.21. The highest BCUT2D eigenvalue weighted by Crippen LogP contribution is 2.18. The largest absolute Gasteiger partial charge is 0.508 e. The molecule has 0 radical (unpaired) electrons. The molecule has 2 amide bonds. The van der Waals surface area contributed by atoms with Gasteiger partial charge in [0.15, 0.2) is 0 Å². The van der Waals surface area contributed by atoms with Gasteiger partial charge in [-0.3, -0.25) is 10.6 Å². The zero-order chi connectivity index (χ0) is 48.2. The summed E-state index contributed by atoms with van der Waals surface area (Å²) >= 11 is 0. The molecular weight excluding hydrogens is 825 g/mol. The van der Waals surface area contributed by atoms with Crippen molar-refractivity contribution in [3.05, 3.63) is 48.5 Å². The number of phenolic OH excluding ortho intramolecular Hbond substituents is 1. The monoisotopic (exact) mass is 901 g/mol. The fraction of sp³-hybridized carbons (Fsp3) is 0.592. The molecule has 1 aliphatic rings. The van der Waals surface area contributed by atoms with Crippen LogP contribution in [0.2, 0.25) is 0 Å². The maximum absolute atomic E-state index is 11.7. The number of benzene rings is 2. The number of amides is 2. The van der Waals surface area contributed by atoms with Crippen LogP contribution in [-0.2, 0) is 33.2 Å². The minimum absolute atomic E-state index is 0.0666. The highest BCUT2D eigenvalue weighted by Gasteiger charge is 2.17. The molecule has 3 rings (SSSR count). The minimum atomic E-state index is -0.526. The van der Waals surface area contributed by atoms with E-state index in [1.54, 1.807) is 57.2 Å². The number of aromatic hydroxyl groups is 1. The minimum Gasteiger partial charge on any atom is -0.508 e. The van der Waals surface area contributed by atoms with E-state index in [0.29, 0.717) is 76.6 Å². The van der Waals surface area contributed by atoms with Crippen molar-refractivity contribution in [3.63, 3.8) is 0 Å². The molecule has 0 spiro atoms. The van der Waals surface area contributed by atoms with Crippen molar-refractivity contribution in [1.29, 1.82) is 0 Å². The third kappa shape index (κ3) is 49.6. The summed E-state index contributed by atoms with van der Waals surface area (Å²) in [7, 11) is 0. The lowest BCUT2D eigenvalue weighted by Crippen LogP contribution is -2.27. The number of aliphatic hydroxyl groups is 2. The predicted molar refractivity (Wildman–Crippen MR) is 251 cm³/mol. The number of aliphatic hydroxyl groups excluding tert-OH is 2. The lowest BCUT2D eigenvalue weighted by atomic mass is 10.2. The summed E-state index contributed by atoms with van der Waals surface area (Å²) in [5.41, 5.74) is 0.195. The second-order valence-electron chi connectivity index (χ2n) is 15.2. The van der Waals surface area contributed by atoms with Gasteiger partial charge in [0.1, 0.15) is 29.3 Å². The van der Waals surface area contributed by atoms with E-state index in [9.17, 15) is 9.59 Å². The van der Waals surface area contributed by atoms with Crippen molar-refractivity contribution in [2.45, 2.75) is 105 Å². The number of rotatable bonds is 23. The molecule has 2 aromatic rings. The Morgan fingerprint density at radius 2 is 1.03 bits per heavy atom. The Morgan fingerprint density at radius 1 is 0.609 bits per heavy atom. The van der Waals surface area contributed by atoms with E-state index in [-0.39, 0.29) is 19.0 Å². The molecule has 0 saturated carbocycles. The number of unbranched alkanes of at least 4 members (excludes halogenated alkanes) is 4. The molecule has 5 N–H and O–H groups in total. The average Bonchev–Trinajstić information content (AvgIpc) is 4.13. The van der Waals surface area contributed by atoms with E-state index in [1.807, 2.05) is 27.7 Å². The number of nitrogens with one attached hydrogen (secondary N) is 2. The lowest BCUT2D eigenvalue weighted by molar-refractivity contribution is 0.0328. The second-order valence-corrected chi connectivity index (χ2v) is 15.2. The first-order chi connectivity index (χ1) is 30.6. The van der Waals surface area contributed by atoms with Crippen LogP contribution >= 0.6 is 0 Å². The van der Waals surface area contributed by atoms with Crippen LogP contribution in [0.1, 0.15) is 93.4 Å². The van der Waals surface area contributed by atoms with Crippen LogP contribution in [0, 0.1) is 36.5 Å². The number of hydrogen-bond acceptors (Lipinski definition) is 13. The van der Waals surface area contributed by atoms with Crippen molar-refractivity contribution in [1.82, 2.24) is 0 Å². The first-order valence-electron chi connectivity index (χ1n) is 21.5. The Hall–Kier alpha value is -5.02. The van der Waals surface area contributed by atoms with Crippen LogP contribution in [0.4, 0.5) is 21.0 Å². The van der Waals surface area contributed by atoms with E-state index in [2.05, 4.69) is 39.1 Å². The summed E-state index contributed by atoms with van der Waals surface area (Å²) in [5.74, 6) is 11.7. The van der Waals surface area contributed by atoms with Gasteiger partial charge in [0.05, 0.1) is 59.5 Å². The molecule has 64 heavy (non-hydrogen) atoms. The normalized spacial score (nSPS) is 10.9. The summed E-state index contributed by atoms with van der Waals surface area (Å²) in [6.07, 6.45) is 15.1. The van der Waals surface area contributed by atoms with Gasteiger partial charge in [0.2, 0.25) is 0 Å². The van der Waals surface area contributed by atoms with Gasteiger partial charge >= 0.3 is 12.2 Å². The van der Waals surface area contributed by atoms with Crippen LogP contribution in [0.15, 0.2) is 48.5 Å². The van der Waals surface area contributed by atoms with Gasteiger partial charge < -0.3 is 53.2 Å². The molecule has 2 aromatic carbocycles. The highest BCUT2D eigenvalue weighted by molar-refractivity contribution is 5.85. The van der Waals surface area contributed by atoms with Crippen LogP contribution < -0.4 is 15.4 Å². The molecule has 0 bridgehead atoms. The number of anilines is 2. The van der Waals surface area contributed by atoms with Crippen LogP contribution in [-0.4, -0.2) is 125 Å². The number of phenols is 1. The molecule has 15 heteroatoms. The maximum Gasteiger partial charge on any atom is 0.412 e. The van der Waals surface area contributed by atoms with Gasteiger partial charge in [-0.2, -0.15) is 0 Å². The highest BCUT2D eigenvalue weighted by atomic mass is 16.6. The zero-order valence-corrected chi connectivity index (χ0v) is 39.3. The topological polar surface area (TPSA) is 196 Å². The summed E-state index contributed by atoms with van der Waals surface area (Å²) in [5, 5.41) is 30.8. The molecule has 360 valence electrons. The third-order valence-electron chi connectivity index (χ3n) is 6.80. The van der Waals surface area contributed by atoms with Crippen molar-refractivity contribution >= 4 is 23.6 Å². The fourth-order valence-corrected chi connectivity index (χ4v) is 3.95. The average molecular weight is 901 g/mol. The van der Waals surface area contributed by atoms with Gasteiger partial charge in [-0.15, -0.1) is 36.5 Å². The van der Waals surface area contributed by atoms with Crippen molar-refractivity contribution < 1.29 is 62.8 Å². The molecule has 1 fully saturated rings. The van der Waals surface area contributed by atoms with E-state index in [0.717, 1.165) is 58.2 Å². The first kappa shape index (κ1) is 61.1. The van der Waals surface area contributed by atoms with Gasteiger partial charge in [0.25, 0.3) is 0 Å². The van der Waals surface area contributed by atoms with Crippen molar-refractivity contribution in [2.24, 2.45) is 0 Å². The number of carbonyl (C=O) groups is 2. The summed E-state index contributed by atoms with van der Waals surface area (Å²) in [6.45, 7) is 20.0. The Labute approximate surface area is 383 Å². The summed E-state index contributed by atoms with van der Waals surface area (Å²) in [6, 6.07) is 13.3. The van der Waals surface area contributed by atoms with Crippen molar-refractivity contribution in [2.75, 3.05) is 96.5 Å². The molecule has 0 atom stereocenters. The van der Waals surface area contributed by atoms with E-state index >= 15 is 0 Å². The van der Waals surface area contributed by atoms with Crippen LogP contribution in [0.3, 0.4) is 0 Å². The zero-order valence-electron chi connectivity index (χ0n) is 39.3. The first-order valence-corrected chi connectivity index (χ1v) is 21.5. The SMILES string of the molecule is C#CCCCCO.C#CCCCOCCOCCO.C1CO1.CC#CCCCOCCOCCOc1ccc(NC(=O)OC(C)(C)C)cc1.CC(C)(C)OC(=O)Nc1ccc(O)cc1. The molecule has 15 nitrogen and oxygen atoms in total. The number of ether oxygens (including phenoxy) is 8. The van der Waals surface area contributed by atoms with Gasteiger partial charge in [-0.25, -0.2) is 9.59 Å². The third-order valence-corrected chi connectivity index (χ3v) is 6.80. The van der Waals surface area contributed by atoms with E-state index in [4.69, 9.17) is 61.3 Å². The number of epoxide rings is 1. The maximum atomic E-state index is 11.7. The molecular formula is C49H76N2O13. The summed E-state index contributed by atoms with van der Waals surface area (Å²) in [4.78, 5) is 23.0. The smallest absolute Gasteiger partial charge is 0.412 e. The summed E-state index contributed by atoms with van der Waals surface area (Å²) < 4.78 is 41.4. The number of terminal acetylenes is 2. The molecule has 1 saturated heterocycles. The standard InChI is InChI=1S/C21H31NO5.C11H15NO3.C9H16O3.C6H10O.C2H4O/c1-5-6-7-8-13-24-14-15-25-16-17-26-19-11-9-18(10-12-19)22-20(23)27-21(2,3)4;1-11(2,3)15-10(14)12-8-4-6-9(13)7-5-8;1-2-3-4-6-11-8-9-12-7-5-10;1-2-3-4-5-6-7;1-2-3-1/h9-12H,7-8,13-17H2,1-4H3,(H,22,23);4-7,13H,1-3H3,(H,12,14);1,10H,3-9H2;1,7H,3-6H2;1-2H2. The van der Waals surface area contributed by atoms with Gasteiger partial charge in [-0.1, -0.05) is 0 Å². The number of carbonyl (C=O) groups excluding carboxylic acids is 2. The van der Waals surface area contributed by atoms with Gasteiger partial charge in [-0.05, 0) is 123 Å². The quantitative estimate of drug-likeness (QED) is 0.0310.